The average Bonchev–Trinajstić information content (AvgIpc) is 2.53. The predicted octanol–water partition coefficient (Wildman–Crippen LogP) is 3.70. The van der Waals surface area contributed by atoms with Gasteiger partial charge < -0.3 is 4.90 Å². The first kappa shape index (κ1) is 15.0. The van der Waals surface area contributed by atoms with Gasteiger partial charge in [0.2, 0.25) is 0 Å². The first-order chi connectivity index (χ1) is 10.6. The van der Waals surface area contributed by atoms with Crippen molar-refractivity contribution in [1.29, 1.82) is 0 Å². The number of carbonyl (C=O) groups excluding carboxylic acids is 1. The number of benzene rings is 1. The van der Waals surface area contributed by atoms with Gasteiger partial charge in [0.15, 0.2) is 0 Å². The lowest BCUT2D eigenvalue weighted by Gasteiger charge is -2.44. The molecule has 3 rings (SSSR count). The van der Waals surface area contributed by atoms with Crippen molar-refractivity contribution in [2.75, 3.05) is 6.54 Å². The van der Waals surface area contributed by atoms with Gasteiger partial charge in [0.1, 0.15) is 0 Å². The molecule has 0 aromatic heterocycles. The van der Waals surface area contributed by atoms with Gasteiger partial charge >= 0.3 is 0 Å². The van der Waals surface area contributed by atoms with E-state index in [-0.39, 0.29) is 11.6 Å². The van der Waals surface area contributed by atoms with Crippen molar-refractivity contribution < 1.29 is 9.72 Å². The number of amides is 1. The Hall–Kier alpha value is -1.91. The first-order valence-electron chi connectivity index (χ1n) is 8.14. The molecule has 5 nitrogen and oxygen atoms in total. The van der Waals surface area contributed by atoms with Gasteiger partial charge in [0.05, 0.1) is 4.92 Å². The summed E-state index contributed by atoms with van der Waals surface area (Å²) in [7, 11) is 0. The molecule has 1 saturated heterocycles. The number of carbonyl (C=O) groups is 1. The molecule has 1 aromatic rings. The Morgan fingerprint density at radius 1 is 1.23 bits per heavy atom. The van der Waals surface area contributed by atoms with Gasteiger partial charge in [-0.1, -0.05) is 18.9 Å². The van der Waals surface area contributed by atoms with Crippen molar-refractivity contribution in [2.45, 2.75) is 51.5 Å². The van der Waals surface area contributed by atoms with E-state index in [2.05, 4.69) is 0 Å². The van der Waals surface area contributed by atoms with Crippen molar-refractivity contribution in [3.8, 4) is 0 Å². The number of fused-ring (bicyclic) bond motifs is 1. The molecule has 1 heterocycles. The highest BCUT2D eigenvalue weighted by Gasteiger charge is 2.36. The molecule has 2 aliphatic rings. The quantitative estimate of drug-likeness (QED) is 0.618. The maximum Gasteiger partial charge on any atom is 0.273 e. The second-order valence-electron chi connectivity index (χ2n) is 6.46. The van der Waals surface area contributed by atoms with Gasteiger partial charge in [-0.15, -0.1) is 0 Å². The first-order valence-corrected chi connectivity index (χ1v) is 8.14. The minimum absolute atomic E-state index is 0.0298. The Bertz CT molecular complexity index is 598. The number of hydrogen-bond donors (Lipinski definition) is 0. The lowest BCUT2D eigenvalue weighted by Crippen LogP contribution is -2.49. The third-order valence-electron chi connectivity index (χ3n) is 5.24. The fourth-order valence-corrected chi connectivity index (χ4v) is 4.08. The van der Waals surface area contributed by atoms with Crippen LogP contribution in [0.15, 0.2) is 18.2 Å². The molecule has 0 radical (unpaired) electrons. The zero-order valence-corrected chi connectivity index (χ0v) is 13.0. The molecule has 1 aliphatic carbocycles. The highest BCUT2D eigenvalue weighted by molar-refractivity contribution is 5.96. The van der Waals surface area contributed by atoms with Crippen LogP contribution in [0.5, 0.6) is 0 Å². The molecule has 2 atom stereocenters. The van der Waals surface area contributed by atoms with E-state index in [0.717, 1.165) is 19.4 Å². The smallest absolute Gasteiger partial charge is 0.273 e. The number of rotatable bonds is 2. The highest BCUT2D eigenvalue weighted by atomic mass is 16.6. The van der Waals surface area contributed by atoms with Gasteiger partial charge in [-0.05, 0) is 44.6 Å². The standard InChI is InChI=1S/C17H22N2O3/c1-12-14(8-4-10-15(12)19(21)22)17(20)18-11-5-7-13-6-2-3-9-16(13)18/h4,8,10,13,16H,2-3,5-7,9,11H2,1H3. The second kappa shape index (κ2) is 6.07. The summed E-state index contributed by atoms with van der Waals surface area (Å²) in [6.45, 7) is 2.45. The lowest BCUT2D eigenvalue weighted by atomic mass is 9.78. The van der Waals surface area contributed by atoms with E-state index in [4.69, 9.17) is 0 Å². The van der Waals surface area contributed by atoms with Crippen molar-refractivity contribution in [3.05, 3.63) is 39.4 Å². The summed E-state index contributed by atoms with van der Waals surface area (Å²) in [5.74, 6) is 0.586. The van der Waals surface area contributed by atoms with Crippen molar-refractivity contribution in [1.82, 2.24) is 4.90 Å². The van der Waals surface area contributed by atoms with Crippen LogP contribution < -0.4 is 0 Å². The SMILES string of the molecule is Cc1c(C(=O)N2CCCC3CCCCC32)cccc1[N+](=O)[O-]. The Kier molecular flexibility index (Phi) is 4.14. The third kappa shape index (κ3) is 2.60. The van der Waals surface area contributed by atoms with Gasteiger partial charge in [0.25, 0.3) is 11.6 Å². The maximum absolute atomic E-state index is 13.0. The molecular weight excluding hydrogens is 280 g/mol. The number of hydrogen-bond acceptors (Lipinski definition) is 3. The molecule has 118 valence electrons. The van der Waals surface area contributed by atoms with E-state index in [0.29, 0.717) is 23.1 Å². The summed E-state index contributed by atoms with van der Waals surface area (Å²) in [4.78, 5) is 25.6. The third-order valence-corrected chi connectivity index (χ3v) is 5.24. The maximum atomic E-state index is 13.0. The summed E-state index contributed by atoms with van der Waals surface area (Å²) >= 11 is 0. The van der Waals surface area contributed by atoms with Gasteiger partial charge in [-0.25, -0.2) is 0 Å². The van der Waals surface area contributed by atoms with Crippen LogP contribution in [0.25, 0.3) is 0 Å². The summed E-state index contributed by atoms with van der Waals surface area (Å²) < 4.78 is 0. The van der Waals surface area contributed by atoms with E-state index >= 15 is 0 Å². The highest BCUT2D eigenvalue weighted by Crippen LogP contribution is 2.36. The van der Waals surface area contributed by atoms with Crippen LogP contribution >= 0.6 is 0 Å². The van der Waals surface area contributed by atoms with Crippen LogP contribution in [-0.2, 0) is 0 Å². The molecule has 1 aromatic carbocycles. The lowest BCUT2D eigenvalue weighted by molar-refractivity contribution is -0.385. The van der Waals surface area contributed by atoms with Crippen molar-refractivity contribution >= 4 is 11.6 Å². The topological polar surface area (TPSA) is 63.5 Å². The molecule has 5 heteroatoms. The molecule has 22 heavy (non-hydrogen) atoms. The normalized spacial score (nSPS) is 24.7. The van der Waals surface area contributed by atoms with E-state index in [1.165, 1.54) is 31.7 Å². The van der Waals surface area contributed by atoms with E-state index in [1.807, 2.05) is 4.90 Å². The average molecular weight is 302 g/mol. The van der Waals surface area contributed by atoms with Gasteiger partial charge in [0, 0.05) is 29.8 Å². The van der Waals surface area contributed by atoms with Gasteiger partial charge in [-0.3, -0.25) is 14.9 Å². The Labute approximate surface area is 130 Å². The number of nitro groups is 1. The minimum atomic E-state index is -0.411. The summed E-state index contributed by atoms with van der Waals surface area (Å²) in [5, 5.41) is 11.1. The molecule has 1 aliphatic heterocycles. The summed E-state index contributed by atoms with van der Waals surface area (Å²) in [5.41, 5.74) is 0.999. The van der Waals surface area contributed by atoms with Crippen LogP contribution in [0.4, 0.5) is 5.69 Å². The van der Waals surface area contributed by atoms with Crippen LogP contribution in [0.1, 0.15) is 54.4 Å². The number of nitrogens with zero attached hydrogens (tertiary/aromatic N) is 2. The Morgan fingerprint density at radius 3 is 2.73 bits per heavy atom. The molecule has 2 unspecified atom stereocenters. The zero-order valence-electron chi connectivity index (χ0n) is 13.0. The summed E-state index contributed by atoms with van der Waals surface area (Å²) in [6, 6.07) is 5.12. The molecular formula is C17H22N2O3. The monoisotopic (exact) mass is 302 g/mol. The predicted molar refractivity (Wildman–Crippen MR) is 83.8 cm³/mol. The van der Waals surface area contributed by atoms with Crippen molar-refractivity contribution in [3.63, 3.8) is 0 Å². The number of likely N-dealkylation sites (tertiary alicyclic amines) is 1. The van der Waals surface area contributed by atoms with Crippen LogP contribution in [0.3, 0.4) is 0 Å². The van der Waals surface area contributed by atoms with Gasteiger partial charge in [-0.2, -0.15) is 0 Å². The molecule has 0 bridgehead atoms. The fourth-order valence-electron chi connectivity index (χ4n) is 4.08. The minimum Gasteiger partial charge on any atom is -0.335 e. The number of nitro benzene ring substituents is 1. The number of piperidine rings is 1. The molecule has 0 spiro atoms. The zero-order chi connectivity index (χ0) is 15.7. The summed E-state index contributed by atoms with van der Waals surface area (Å²) in [6.07, 6.45) is 6.98. The van der Waals surface area contributed by atoms with E-state index in [1.54, 1.807) is 19.1 Å². The van der Waals surface area contributed by atoms with Crippen LogP contribution in [0, 0.1) is 23.0 Å². The second-order valence-corrected chi connectivity index (χ2v) is 6.46. The fraction of sp³-hybridized carbons (Fsp3) is 0.588. The largest absolute Gasteiger partial charge is 0.335 e. The van der Waals surface area contributed by atoms with E-state index < -0.39 is 4.92 Å². The molecule has 1 saturated carbocycles. The Morgan fingerprint density at radius 2 is 1.95 bits per heavy atom. The van der Waals surface area contributed by atoms with Crippen LogP contribution in [-0.4, -0.2) is 28.3 Å². The molecule has 1 amide bonds. The molecule has 2 fully saturated rings. The van der Waals surface area contributed by atoms with Crippen LogP contribution in [0.2, 0.25) is 0 Å². The Balaban J connectivity index is 1.90. The van der Waals surface area contributed by atoms with Crippen molar-refractivity contribution in [2.24, 2.45) is 5.92 Å². The van der Waals surface area contributed by atoms with E-state index in [9.17, 15) is 14.9 Å². The molecule has 0 N–H and O–H groups in total.